The minimum absolute atomic E-state index is 0.122. The molecule has 0 saturated heterocycles. The molecule has 0 fully saturated rings. The van der Waals surface area contributed by atoms with Crippen LogP contribution in [-0.2, 0) is 4.74 Å². The quantitative estimate of drug-likeness (QED) is 0.675. The van der Waals surface area contributed by atoms with E-state index in [0.717, 1.165) is 12.8 Å². The van der Waals surface area contributed by atoms with Crippen molar-refractivity contribution >= 4 is 5.91 Å². The number of nitrogens with one attached hydrogen (secondary N) is 1. The van der Waals surface area contributed by atoms with Crippen LogP contribution in [0.25, 0.3) is 0 Å². The number of amides is 1. The van der Waals surface area contributed by atoms with Gasteiger partial charge >= 0.3 is 0 Å². The fourth-order valence-electron chi connectivity index (χ4n) is 1.85. The number of rotatable bonds is 10. The highest BCUT2D eigenvalue weighted by Gasteiger charge is 2.11. The number of methoxy groups -OCH3 is 2. The van der Waals surface area contributed by atoms with E-state index in [1.54, 1.807) is 32.4 Å². The lowest BCUT2D eigenvalue weighted by molar-refractivity contribution is 0.0948. The van der Waals surface area contributed by atoms with Gasteiger partial charge in [0.1, 0.15) is 0 Å². The van der Waals surface area contributed by atoms with Gasteiger partial charge in [0.15, 0.2) is 11.5 Å². The van der Waals surface area contributed by atoms with E-state index in [1.165, 1.54) is 0 Å². The highest BCUT2D eigenvalue weighted by atomic mass is 16.5. The van der Waals surface area contributed by atoms with Crippen molar-refractivity contribution in [2.75, 3.05) is 34.0 Å². The minimum atomic E-state index is -0.122. The first kappa shape index (κ1) is 18.3. The molecular weight excluding hydrogens is 282 g/mol. The van der Waals surface area contributed by atoms with Gasteiger partial charge in [0, 0.05) is 25.8 Å². The van der Waals surface area contributed by atoms with Crippen LogP contribution in [0.4, 0.5) is 0 Å². The molecule has 1 rings (SSSR count). The van der Waals surface area contributed by atoms with Crippen molar-refractivity contribution in [2.45, 2.75) is 26.7 Å². The smallest absolute Gasteiger partial charge is 0.251 e. The van der Waals surface area contributed by atoms with Crippen LogP contribution in [0.1, 0.15) is 37.0 Å². The first-order valence-corrected chi connectivity index (χ1v) is 7.66. The van der Waals surface area contributed by atoms with Crippen LogP contribution >= 0.6 is 0 Å². The van der Waals surface area contributed by atoms with Crippen molar-refractivity contribution in [3.8, 4) is 11.5 Å². The van der Waals surface area contributed by atoms with Crippen molar-refractivity contribution in [2.24, 2.45) is 5.92 Å². The predicted octanol–water partition coefficient (Wildman–Crippen LogP) is 2.89. The van der Waals surface area contributed by atoms with E-state index < -0.39 is 0 Å². The molecule has 0 saturated carbocycles. The number of hydrogen-bond donors (Lipinski definition) is 1. The Balaban J connectivity index is 2.61. The highest BCUT2D eigenvalue weighted by molar-refractivity contribution is 5.94. The third kappa shape index (κ3) is 6.35. The molecule has 0 bridgehead atoms. The first-order valence-electron chi connectivity index (χ1n) is 7.66. The maximum Gasteiger partial charge on any atom is 0.251 e. The van der Waals surface area contributed by atoms with Gasteiger partial charge in [-0.15, -0.1) is 0 Å². The lowest BCUT2D eigenvalue weighted by Crippen LogP contribution is -2.25. The Bertz CT molecular complexity index is 460. The third-order valence-electron chi connectivity index (χ3n) is 3.19. The maximum absolute atomic E-state index is 12.0. The molecule has 0 aliphatic rings. The molecule has 5 heteroatoms. The maximum atomic E-state index is 12.0. The fraction of sp³-hybridized carbons (Fsp3) is 0.588. The van der Waals surface area contributed by atoms with Crippen LogP contribution in [0, 0.1) is 5.92 Å². The number of ether oxygens (including phenoxy) is 3. The Labute approximate surface area is 132 Å². The van der Waals surface area contributed by atoms with Gasteiger partial charge in [-0.1, -0.05) is 13.8 Å². The molecule has 0 spiro atoms. The number of carbonyl (C=O) groups excluding carboxylic acids is 1. The zero-order chi connectivity index (χ0) is 16.4. The Hall–Kier alpha value is -1.75. The topological polar surface area (TPSA) is 56.8 Å². The summed E-state index contributed by atoms with van der Waals surface area (Å²) in [5.74, 6) is 1.71. The summed E-state index contributed by atoms with van der Waals surface area (Å²) in [4.78, 5) is 12.0. The van der Waals surface area contributed by atoms with E-state index in [1.807, 2.05) is 0 Å². The van der Waals surface area contributed by atoms with E-state index in [0.29, 0.717) is 42.7 Å². The normalized spacial score (nSPS) is 10.6. The van der Waals surface area contributed by atoms with Crippen LogP contribution < -0.4 is 14.8 Å². The number of benzene rings is 1. The summed E-state index contributed by atoms with van der Waals surface area (Å²) in [6.07, 6.45) is 1.76. The van der Waals surface area contributed by atoms with E-state index >= 15 is 0 Å². The largest absolute Gasteiger partial charge is 0.493 e. The Morgan fingerprint density at radius 2 is 1.95 bits per heavy atom. The molecule has 5 nitrogen and oxygen atoms in total. The van der Waals surface area contributed by atoms with Gasteiger partial charge in [-0.2, -0.15) is 0 Å². The summed E-state index contributed by atoms with van der Waals surface area (Å²) in [7, 11) is 3.22. The van der Waals surface area contributed by atoms with Gasteiger partial charge in [-0.25, -0.2) is 0 Å². The summed E-state index contributed by atoms with van der Waals surface area (Å²) >= 11 is 0. The molecule has 0 unspecified atom stereocenters. The van der Waals surface area contributed by atoms with Crippen molar-refractivity contribution < 1.29 is 19.0 Å². The second-order valence-electron chi connectivity index (χ2n) is 5.50. The monoisotopic (exact) mass is 309 g/mol. The standard InChI is InChI=1S/C17H27NO4/c1-13(2)8-11-22-15-7-6-14(12-16(15)21-4)17(19)18-9-5-10-20-3/h6-7,12-13H,5,8-11H2,1-4H3,(H,18,19). The SMILES string of the molecule is COCCCNC(=O)c1ccc(OCCC(C)C)c(OC)c1. The summed E-state index contributed by atoms with van der Waals surface area (Å²) in [5, 5.41) is 2.85. The summed E-state index contributed by atoms with van der Waals surface area (Å²) in [6.45, 7) is 6.15. The van der Waals surface area contributed by atoms with Gasteiger partial charge in [-0.3, -0.25) is 4.79 Å². The number of carbonyl (C=O) groups is 1. The molecule has 0 atom stereocenters. The summed E-state index contributed by atoms with van der Waals surface area (Å²) in [6, 6.07) is 5.23. The molecule has 1 aromatic carbocycles. The lowest BCUT2D eigenvalue weighted by atomic mass is 10.1. The lowest BCUT2D eigenvalue weighted by Gasteiger charge is -2.13. The molecular formula is C17H27NO4. The third-order valence-corrected chi connectivity index (χ3v) is 3.19. The molecule has 0 aliphatic heterocycles. The summed E-state index contributed by atoms with van der Waals surface area (Å²) < 4.78 is 16.0. The van der Waals surface area contributed by atoms with Crippen molar-refractivity contribution in [1.29, 1.82) is 0 Å². The van der Waals surface area contributed by atoms with Gasteiger partial charge in [-0.05, 0) is 37.0 Å². The molecule has 1 N–H and O–H groups in total. The van der Waals surface area contributed by atoms with Crippen LogP contribution in [0.15, 0.2) is 18.2 Å². The van der Waals surface area contributed by atoms with Crippen molar-refractivity contribution in [3.63, 3.8) is 0 Å². The molecule has 124 valence electrons. The minimum Gasteiger partial charge on any atom is -0.493 e. The number of hydrogen-bond acceptors (Lipinski definition) is 4. The van der Waals surface area contributed by atoms with Crippen molar-refractivity contribution in [3.05, 3.63) is 23.8 Å². The zero-order valence-electron chi connectivity index (χ0n) is 14.0. The molecule has 1 amide bonds. The van der Waals surface area contributed by atoms with E-state index in [4.69, 9.17) is 14.2 Å². The fourth-order valence-corrected chi connectivity index (χ4v) is 1.85. The van der Waals surface area contributed by atoms with E-state index in [2.05, 4.69) is 19.2 Å². The Morgan fingerprint density at radius 1 is 1.18 bits per heavy atom. The first-order chi connectivity index (χ1) is 10.6. The van der Waals surface area contributed by atoms with Gasteiger partial charge < -0.3 is 19.5 Å². The van der Waals surface area contributed by atoms with Crippen LogP contribution in [0.3, 0.4) is 0 Å². The predicted molar refractivity (Wildman–Crippen MR) is 86.8 cm³/mol. The van der Waals surface area contributed by atoms with E-state index in [9.17, 15) is 4.79 Å². The van der Waals surface area contributed by atoms with Crippen LogP contribution in [0.2, 0.25) is 0 Å². The molecule has 0 aliphatic carbocycles. The second kappa shape index (κ2) is 10.1. The second-order valence-corrected chi connectivity index (χ2v) is 5.50. The van der Waals surface area contributed by atoms with Gasteiger partial charge in [0.05, 0.1) is 13.7 Å². The average molecular weight is 309 g/mol. The van der Waals surface area contributed by atoms with Crippen LogP contribution in [-0.4, -0.2) is 39.9 Å². The molecule has 0 heterocycles. The van der Waals surface area contributed by atoms with Crippen molar-refractivity contribution in [1.82, 2.24) is 5.32 Å². The van der Waals surface area contributed by atoms with E-state index in [-0.39, 0.29) is 5.91 Å². The Kier molecular flexibility index (Phi) is 8.36. The Morgan fingerprint density at radius 3 is 2.59 bits per heavy atom. The average Bonchev–Trinajstić information content (AvgIpc) is 2.51. The van der Waals surface area contributed by atoms with Gasteiger partial charge in [0.2, 0.25) is 0 Å². The zero-order valence-corrected chi connectivity index (χ0v) is 14.0. The molecule has 1 aromatic rings. The molecule has 22 heavy (non-hydrogen) atoms. The molecule has 0 aromatic heterocycles. The summed E-state index contributed by atoms with van der Waals surface area (Å²) in [5.41, 5.74) is 0.561. The molecule has 0 radical (unpaired) electrons. The van der Waals surface area contributed by atoms with Gasteiger partial charge in [0.25, 0.3) is 5.91 Å². The highest BCUT2D eigenvalue weighted by Crippen LogP contribution is 2.28. The van der Waals surface area contributed by atoms with Crippen LogP contribution in [0.5, 0.6) is 11.5 Å².